The lowest BCUT2D eigenvalue weighted by atomic mass is 10.2. The summed E-state index contributed by atoms with van der Waals surface area (Å²) in [5.41, 5.74) is 0. The van der Waals surface area contributed by atoms with Gasteiger partial charge < -0.3 is 5.32 Å². The molecule has 0 aliphatic rings. The molecule has 0 fully saturated rings. The number of rotatable bonds is 8. The Balaban J connectivity index is 2.34. The van der Waals surface area contributed by atoms with Gasteiger partial charge in [0, 0.05) is 25.0 Å². The zero-order valence-electron chi connectivity index (χ0n) is 11.4. The van der Waals surface area contributed by atoms with E-state index >= 15 is 0 Å². The second kappa shape index (κ2) is 6.89. The molecule has 0 radical (unpaired) electrons. The highest BCUT2D eigenvalue weighted by Gasteiger charge is 2.09. The van der Waals surface area contributed by atoms with Gasteiger partial charge in [-0.1, -0.05) is 6.92 Å². The summed E-state index contributed by atoms with van der Waals surface area (Å²) >= 11 is 0. The van der Waals surface area contributed by atoms with Crippen molar-refractivity contribution in [1.29, 1.82) is 0 Å². The van der Waals surface area contributed by atoms with Gasteiger partial charge in [-0.2, -0.15) is 5.10 Å². The van der Waals surface area contributed by atoms with Gasteiger partial charge in [-0.15, -0.1) is 0 Å². The first kappa shape index (κ1) is 15.2. The third-order valence-electron chi connectivity index (χ3n) is 2.80. The summed E-state index contributed by atoms with van der Waals surface area (Å²) < 4.78 is 24.3. The van der Waals surface area contributed by atoms with Crippen LogP contribution in [0.4, 0.5) is 0 Å². The predicted octanol–water partition coefficient (Wildman–Crippen LogP) is 1.45. The fourth-order valence-electron chi connectivity index (χ4n) is 1.71. The van der Waals surface area contributed by atoms with E-state index in [-0.39, 0.29) is 0 Å². The van der Waals surface area contributed by atoms with Crippen molar-refractivity contribution in [2.24, 2.45) is 0 Å². The van der Waals surface area contributed by atoms with Gasteiger partial charge in [0.15, 0.2) is 9.84 Å². The van der Waals surface area contributed by atoms with Gasteiger partial charge in [-0.25, -0.2) is 8.42 Å². The maximum absolute atomic E-state index is 11.3. The maximum atomic E-state index is 11.3. The van der Waals surface area contributed by atoms with Gasteiger partial charge in [0.05, 0.1) is 6.20 Å². The third-order valence-corrected chi connectivity index (χ3v) is 3.87. The lowest BCUT2D eigenvalue weighted by molar-refractivity contribution is 0.463. The lowest BCUT2D eigenvalue weighted by Crippen LogP contribution is -2.26. The molecule has 0 saturated carbocycles. The number of nitrogens with one attached hydrogen (secondary N) is 1. The average molecular weight is 273 g/mol. The van der Waals surface area contributed by atoms with Crippen LogP contribution in [0, 0.1) is 0 Å². The van der Waals surface area contributed by atoms with Crippen molar-refractivity contribution in [2.45, 2.75) is 50.6 Å². The second-order valence-corrected chi connectivity index (χ2v) is 6.72. The SMILES string of the molecule is CCCNC(C)CCCn1cc(S(C)(=O)=O)cn1. The quantitative estimate of drug-likeness (QED) is 0.779. The molecule has 0 aliphatic carbocycles. The highest BCUT2D eigenvalue weighted by molar-refractivity contribution is 7.90. The Morgan fingerprint density at radius 3 is 2.78 bits per heavy atom. The molecule has 1 N–H and O–H groups in total. The summed E-state index contributed by atoms with van der Waals surface area (Å²) in [4.78, 5) is 0.291. The molecule has 1 heterocycles. The molecule has 0 spiro atoms. The standard InChI is InChI=1S/C12H23N3O2S/c1-4-7-13-11(2)6-5-8-15-10-12(9-14-15)18(3,16)17/h9-11,13H,4-8H2,1-3H3. The minimum Gasteiger partial charge on any atom is -0.314 e. The van der Waals surface area contributed by atoms with Gasteiger partial charge in [0.25, 0.3) is 0 Å². The Morgan fingerprint density at radius 1 is 1.50 bits per heavy atom. The number of aromatic nitrogens is 2. The summed E-state index contributed by atoms with van der Waals surface area (Å²) in [6.45, 7) is 6.12. The van der Waals surface area contributed by atoms with E-state index in [0.29, 0.717) is 10.9 Å². The molecule has 0 saturated heterocycles. The molecule has 1 aromatic rings. The molecule has 0 amide bonds. The fraction of sp³-hybridized carbons (Fsp3) is 0.750. The van der Waals surface area contributed by atoms with Crippen molar-refractivity contribution in [2.75, 3.05) is 12.8 Å². The average Bonchev–Trinajstić information content (AvgIpc) is 2.74. The smallest absolute Gasteiger partial charge is 0.178 e. The number of nitrogens with zero attached hydrogens (tertiary/aromatic N) is 2. The van der Waals surface area contributed by atoms with E-state index in [1.165, 1.54) is 12.5 Å². The molecule has 0 aliphatic heterocycles. The van der Waals surface area contributed by atoms with Crippen LogP contribution in [-0.4, -0.2) is 37.0 Å². The van der Waals surface area contributed by atoms with E-state index < -0.39 is 9.84 Å². The lowest BCUT2D eigenvalue weighted by Gasteiger charge is -2.12. The first-order chi connectivity index (χ1) is 8.43. The van der Waals surface area contributed by atoms with Crippen molar-refractivity contribution in [3.8, 4) is 0 Å². The monoisotopic (exact) mass is 273 g/mol. The van der Waals surface area contributed by atoms with Crippen LogP contribution < -0.4 is 5.32 Å². The van der Waals surface area contributed by atoms with Crippen LogP contribution in [0.5, 0.6) is 0 Å². The van der Waals surface area contributed by atoms with Crippen molar-refractivity contribution in [3.05, 3.63) is 12.4 Å². The molecule has 1 atom stereocenters. The van der Waals surface area contributed by atoms with Gasteiger partial charge in [0.2, 0.25) is 0 Å². The Labute approximate surface area is 109 Å². The predicted molar refractivity (Wildman–Crippen MR) is 72.3 cm³/mol. The van der Waals surface area contributed by atoms with E-state index in [9.17, 15) is 8.42 Å². The largest absolute Gasteiger partial charge is 0.314 e. The first-order valence-electron chi connectivity index (χ1n) is 6.39. The Hall–Kier alpha value is -0.880. The van der Waals surface area contributed by atoms with Gasteiger partial charge in [-0.3, -0.25) is 4.68 Å². The van der Waals surface area contributed by atoms with E-state index in [1.807, 2.05) is 0 Å². The van der Waals surface area contributed by atoms with Crippen LogP contribution in [0.1, 0.15) is 33.1 Å². The number of aryl methyl sites for hydroxylation is 1. The Bertz CT molecular complexity index is 454. The molecule has 5 nitrogen and oxygen atoms in total. The van der Waals surface area contributed by atoms with Crippen LogP contribution >= 0.6 is 0 Å². The molecule has 1 rings (SSSR count). The highest BCUT2D eigenvalue weighted by Crippen LogP contribution is 2.07. The minimum absolute atomic E-state index is 0.291. The topological polar surface area (TPSA) is 64.0 Å². The van der Waals surface area contributed by atoms with Crippen molar-refractivity contribution in [1.82, 2.24) is 15.1 Å². The highest BCUT2D eigenvalue weighted by atomic mass is 32.2. The summed E-state index contributed by atoms with van der Waals surface area (Å²) in [6.07, 6.45) is 7.40. The summed E-state index contributed by atoms with van der Waals surface area (Å²) in [7, 11) is -3.13. The Morgan fingerprint density at radius 2 is 2.22 bits per heavy atom. The van der Waals surface area contributed by atoms with Crippen LogP contribution in [0.2, 0.25) is 0 Å². The summed E-state index contributed by atoms with van der Waals surface area (Å²) in [5.74, 6) is 0. The van der Waals surface area contributed by atoms with Crippen LogP contribution in [0.25, 0.3) is 0 Å². The number of sulfone groups is 1. The maximum Gasteiger partial charge on any atom is 0.178 e. The molecular weight excluding hydrogens is 250 g/mol. The van der Waals surface area contributed by atoms with Crippen molar-refractivity contribution < 1.29 is 8.42 Å². The van der Waals surface area contributed by atoms with Gasteiger partial charge in [0.1, 0.15) is 4.90 Å². The van der Waals surface area contributed by atoms with Gasteiger partial charge in [-0.05, 0) is 32.7 Å². The van der Waals surface area contributed by atoms with Crippen molar-refractivity contribution >= 4 is 9.84 Å². The zero-order chi connectivity index (χ0) is 13.6. The summed E-state index contributed by atoms with van der Waals surface area (Å²) in [5, 5.41) is 7.48. The molecule has 1 unspecified atom stereocenters. The number of hydrogen-bond acceptors (Lipinski definition) is 4. The van der Waals surface area contributed by atoms with Crippen LogP contribution in [0.15, 0.2) is 17.3 Å². The number of hydrogen-bond donors (Lipinski definition) is 1. The van der Waals surface area contributed by atoms with E-state index in [0.717, 1.165) is 32.4 Å². The van der Waals surface area contributed by atoms with Crippen LogP contribution in [0.3, 0.4) is 0 Å². The van der Waals surface area contributed by atoms with E-state index in [4.69, 9.17) is 0 Å². The molecule has 18 heavy (non-hydrogen) atoms. The molecule has 104 valence electrons. The molecule has 0 bridgehead atoms. The second-order valence-electron chi connectivity index (χ2n) is 4.71. The van der Waals surface area contributed by atoms with Gasteiger partial charge >= 0.3 is 0 Å². The summed E-state index contributed by atoms with van der Waals surface area (Å²) in [6, 6.07) is 0.495. The first-order valence-corrected chi connectivity index (χ1v) is 8.28. The third kappa shape index (κ3) is 5.18. The Kier molecular flexibility index (Phi) is 5.81. The molecular formula is C12H23N3O2S. The minimum atomic E-state index is -3.13. The fourth-order valence-corrected chi connectivity index (χ4v) is 2.26. The van der Waals surface area contributed by atoms with Crippen LogP contribution in [-0.2, 0) is 16.4 Å². The molecule has 1 aromatic heterocycles. The van der Waals surface area contributed by atoms with E-state index in [2.05, 4.69) is 24.3 Å². The van der Waals surface area contributed by atoms with E-state index in [1.54, 1.807) is 10.9 Å². The zero-order valence-corrected chi connectivity index (χ0v) is 12.2. The molecule has 0 aromatic carbocycles. The van der Waals surface area contributed by atoms with Crippen molar-refractivity contribution in [3.63, 3.8) is 0 Å². The normalized spacial score (nSPS) is 13.7. The molecule has 6 heteroatoms.